The molecule has 0 saturated heterocycles. The van der Waals surface area contributed by atoms with Crippen molar-refractivity contribution in [2.75, 3.05) is 0 Å². The van der Waals surface area contributed by atoms with E-state index >= 15 is 0 Å². The van der Waals surface area contributed by atoms with Gasteiger partial charge in [0, 0.05) is 6.42 Å². The lowest BCUT2D eigenvalue weighted by atomic mass is 10.1. The van der Waals surface area contributed by atoms with Crippen LogP contribution in [0.2, 0.25) is 0 Å². The number of aryl methyl sites for hydroxylation is 1. The average Bonchev–Trinajstić information content (AvgIpc) is 2.95. The van der Waals surface area contributed by atoms with E-state index in [0.29, 0.717) is 23.5 Å². The molecule has 22 heavy (non-hydrogen) atoms. The fourth-order valence-corrected chi connectivity index (χ4v) is 2.21. The molecule has 3 rings (SSSR count). The van der Waals surface area contributed by atoms with Gasteiger partial charge in [-0.3, -0.25) is 4.79 Å². The van der Waals surface area contributed by atoms with Crippen molar-refractivity contribution in [3.63, 3.8) is 0 Å². The van der Waals surface area contributed by atoms with Crippen molar-refractivity contribution in [3.05, 3.63) is 65.8 Å². The summed E-state index contributed by atoms with van der Waals surface area (Å²) in [5, 5.41) is 2.73. The zero-order chi connectivity index (χ0) is 15.4. The molecule has 0 radical (unpaired) electrons. The lowest BCUT2D eigenvalue weighted by molar-refractivity contribution is -0.121. The van der Waals surface area contributed by atoms with E-state index in [1.165, 1.54) is 6.07 Å². The van der Waals surface area contributed by atoms with Gasteiger partial charge in [-0.25, -0.2) is 9.37 Å². The predicted octanol–water partition coefficient (Wildman–Crippen LogP) is 3.22. The van der Waals surface area contributed by atoms with Gasteiger partial charge in [0.05, 0.1) is 6.54 Å². The van der Waals surface area contributed by atoms with Crippen LogP contribution < -0.4 is 5.32 Å². The molecule has 3 aromatic rings. The largest absolute Gasteiger partial charge is 0.439 e. The van der Waals surface area contributed by atoms with Crippen molar-refractivity contribution in [2.45, 2.75) is 19.4 Å². The number of hydrogen-bond donors (Lipinski definition) is 1. The zero-order valence-electron chi connectivity index (χ0n) is 11.9. The molecule has 0 saturated carbocycles. The molecular weight excluding hydrogens is 283 g/mol. The van der Waals surface area contributed by atoms with Gasteiger partial charge in [0.15, 0.2) is 5.58 Å². The van der Waals surface area contributed by atoms with Crippen LogP contribution in [0.4, 0.5) is 4.39 Å². The highest BCUT2D eigenvalue weighted by Crippen LogP contribution is 2.14. The molecule has 0 aliphatic rings. The number of rotatable bonds is 5. The Bertz CT molecular complexity index is 765. The second-order valence-corrected chi connectivity index (χ2v) is 4.94. The Labute approximate surface area is 127 Å². The van der Waals surface area contributed by atoms with E-state index in [-0.39, 0.29) is 24.7 Å². The molecule has 2 aromatic carbocycles. The summed E-state index contributed by atoms with van der Waals surface area (Å²) in [7, 11) is 0. The minimum atomic E-state index is -0.283. The lowest BCUT2D eigenvalue weighted by Crippen LogP contribution is -2.23. The number of para-hydroxylation sites is 2. The van der Waals surface area contributed by atoms with Crippen molar-refractivity contribution in [2.24, 2.45) is 0 Å². The third-order valence-electron chi connectivity index (χ3n) is 3.35. The average molecular weight is 298 g/mol. The molecule has 0 unspecified atom stereocenters. The fraction of sp³-hybridized carbons (Fsp3) is 0.176. The van der Waals surface area contributed by atoms with Crippen molar-refractivity contribution < 1.29 is 13.6 Å². The number of fused-ring (bicyclic) bond motifs is 1. The van der Waals surface area contributed by atoms with Gasteiger partial charge < -0.3 is 9.73 Å². The number of benzene rings is 2. The predicted molar refractivity (Wildman–Crippen MR) is 80.6 cm³/mol. The van der Waals surface area contributed by atoms with Crippen LogP contribution in [0, 0.1) is 5.82 Å². The van der Waals surface area contributed by atoms with Gasteiger partial charge in [0.2, 0.25) is 11.8 Å². The first-order chi connectivity index (χ1) is 10.7. The molecule has 1 N–H and O–H groups in total. The summed E-state index contributed by atoms with van der Waals surface area (Å²) in [4.78, 5) is 16.1. The molecule has 1 aromatic heterocycles. The number of carbonyl (C=O) groups is 1. The van der Waals surface area contributed by atoms with Gasteiger partial charge in [-0.05, 0) is 30.2 Å². The van der Waals surface area contributed by atoms with E-state index in [4.69, 9.17) is 4.42 Å². The maximum atomic E-state index is 13.5. The lowest BCUT2D eigenvalue weighted by Gasteiger charge is -2.04. The van der Waals surface area contributed by atoms with Crippen LogP contribution in [-0.4, -0.2) is 10.9 Å². The van der Waals surface area contributed by atoms with Crippen molar-refractivity contribution in [1.82, 2.24) is 10.3 Å². The highest BCUT2D eigenvalue weighted by atomic mass is 19.1. The Hall–Kier alpha value is -2.69. The van der Waals surface area contributed by atoms with E-state index in [9.17, 15) is 9.18 Å². The fourth-order valence-electron chi connectivity index (χ4n) is 2.21. The van der Waals surface area contributed by atoms with Crippen LogP contribution in [0.15, 0.2) is 52.9 Å². The van der Waals surface area contributed by atoms with Crippen molar-refractivity contribution in [3.8, 4) is 0 Å². The Morgan fingerprint density at radius 3 is 2.73 bits per heavy atom. The van der Waals surface area contributed by atoms with Gasteiger partial charge in [-0.1, -0.05) is 30.3 Å². The molecular formula is C17H15FN2O2. The van der Waals surface area contributed by atoms with Crippen molar-refractivity contribution in [1.29, 1.82) is 0 Å². The molecule has 0 bridgehead atoms. The van der Waals surface area contributed by atoms with E-state index in [0.717, 1.165) is 5.52 Å². The second kappa shape index (κ2) is 6.39. The van der Waals surface area contributed by atoms with Crippen LogP contribution in [-0.2, 0) is 17.8 Å². The summed E-state index contributed by atoms with van der Waals surface area (Å²) < 4.78 is 19.0. The zero-order valence-corrected chi connectivity index (χ0v) is 11.9. The number of amides is 1. The molecule has 0 aliphatic heterocycles. The number of hydrogen-bond acceptors (Lipinski definition) is 3. The monoisotopic (exact) mass is 298 g/mol. The molecule has 0 aliphatic carbocycles. The summed E-state index contributed by atoms with van der Waals surface area (Å²) >= 11 is 0. The van der Waals surface area contributed by atoms with E-state index in [1.54, 1.807) is 18.2 Å². The standard InChI is InChI=1S/C17H15FN2O2/c18-13-6-2-1-5-12(13)9-10-16(21)19-11-17-20-14-7-3-4-8-15(14)22-17/h1-8H,9-11H2,(H,19,21). The number of nitrogens with one attached hydrogen (secondary N) is 1. The van der Waals surface area contributed by atoms with Gasteiger partial charge in [-0.15, -0.1) is 0 Å². The number of oxazole rings is 1. The highest BCUT2D eigenvalue weighted by Gasteiger charge is 2.08. The number of aromatic nitrogens is 1. The molecule has 1 amide bonds. The normalized spacial score (nSPS) is 10.8. The van der Waals surface area contributed by atoms with Crippen molar-refractivity contribution >= 4 is 17.0 Å². The summed E-state index contributed by atoms with van der Waals surface area (Å²) in [5.74, 6) is 0.0141. The Kier molecular flexibility index (Phi) is 4.14. The minimum absolute atomic E-state index is 0.162. The molecule has 112 valence electrons. The van der Waals surface area contributed by atoms with Crippen LogP contribution in [0.5, 0.6) is 0 Å². The summed E-state index contributed by atoms with van der Waals surface area (Å²) in [6, 6.07) is 13.9. The SMILES string of the molecule is O=C(CCc1ccccc1F)NCc1nc2ccccc2o1. The first-order valence-electron chi connectivity index (χ1n) is 7.07. The third kappa shape index (κ3) is 3.31. The maximum absolute atomic E-state index is 13.5. The number of halogens is 1. The molecule has 0 atom stereocenters. The Balaban J connectivity index is 1.53. The maximum Gasteiger partial charge on any atom is 0.220 e. The van der Waals surface area contributed by atoms with E-state index in [1.807, 2.05) is 24.3 Å². The third-order valence-corrected chi connectivity index (χ3v) is 3.35. The first-order valence-corrected chi connectivity index (χ1v) is 7.07. The van der Waals surface area contributed by atoms with Gasteiger partial charge in [0.1, 0.15) is 11.3 Å². The van der Waals surface area contributed by atoms with E-state index in [2.05, 4.69) is 10.3 Å². The van der Waals surface area contributed by atoms with Gasteiger partial charge in [-0.2, -0.15) is 0 Å². The minimum Gasteiger partial charge on any atom is -0.439 e. The Morgan fingerprint density at radius 2 is 1.91 bits per heavy atom. The molecule has 4 nitrogen and oxygen atoms in total. The van der Waals surface area contributed by atoms with Crippen LogP contribution in [0.1, 0.15) is 17.9 Å². The van der Waals surface area contributed by atoms with Gasteiger partial charge in [0.25, 0.3) is 0 Å². The van der Waals surface area contributed by atoms with Gasteiger partial charge >= 0.3 is 0 Å². The van der Waals surface area contributed by atoms with Crippen LogP contribution in [0.25, 0.3) is 11.1 Å². The highest BCUT2D eigenvalue weighted by molar-refractivity contribution is 5.76. The van der Waals surface area contributed by atoms with Crippen LogP contribution >= 0.6 is 0 Å². The summed E-state index contributed by atoms with van der Waals surface area (Å²) in [6.45, 7) is 0.227. The topological polar surface area (TPSA) is 55.1 Å². The number of carbonyl (C=O) groups excluding carboxylic acids is 1. The second-order valence-electron chi connectivity index (χ2n) is 4.94. The van der Waals surface area contributed by atoms with E-state index < -0.39 is 0 Å². The number of nitrogens with zero attached hydrogens (tertiary/aromatic N) is 1. The summed E-state index contributed by atoms with van der Waals surface area (Å²) in [5.41, 5.74) is 2.00. The molecule has 0 spiro atoms. The molecule has 0 fully saturated rings. The quantitative estimate of drug-likeness (QED) is 0.787. The smallest absolute Gasteiger partial charge is 0.220 e. The van der Waals surface area contributed by atoms with Crippen LogP contribution in [0.3, 0.4) is 0 Å². The Morgan fingerprint density at radius 1 is 1.14 bits per heavy atom. The summed E-state index contributed by atoms with van der Waals surface area (Å²) in [6.07, 6.45) is 0.591. The molecule has 5 heteroatoms. The molecule has 1 heterocycles. The first kappa shape index (κ1) is 14.3.